The van der Waals surface area contributed by atoms with E-state index in [0.717, 1.165) is 5.56 Å². The Bertz CT molecular complexity index is 930. The molecule has 0 spiro atoms. The van der Waals surface area contributed by atoms with Crippen LogP contribution in [0.2, 0.25) is 0 Å². The highest BCUT2D eigenvalue weighted by molar-refractivity contribution is 5.97. The second kappa shape index (κ2) is 7.60. The molecule has 0 saturated heterocycles. The van der Waals surface area contributed by atoms with Crippen molar-refractivity contribution in [3.8, 4) is 5.69 Å². The summed E-state index contributed by atoms with van der Waals surface area (Å²) in [6.07, 6.45) is 3.41. The Kier molecular flexibility index (Phi) is 5.07. The molecule has 1 aromatic carbocycles. The Hall–Kier alpha value is -3.49. The molecule has 2 amide bonds. The van der Waals surface area contributed by atoms with Crippen LogP contribution in [0.25, 0.3) is 5.69 Å². The van der Waals surface area contributed by atoms with Gasteiger partial charge in [0.15, 0.2) is 5.82 Å². The first kappa shape index (κ1) is 17.3. The monoisotopic (exact) mass is 354 g/mol. The standard InChI is InChI=1S/C17H18N6O3/c1-11-21-16(26-22-11)9-19-17(25)14-5-3-4-6-15(14)23-10-13(8-20-23)7-18-12(2)24/h3-6,8,10H,7,9H2,1-2H3,(H,18,24)(H,19,25). The van der Waals surface area contributed by atoms with E-state index in [0.29, 0.717) is 29.5 Å². The van der Waals surface area contributed by atoms with E-state index < -0.39 is 0 Å². The summed E-state index contributed by atoms with van der Waals surface area (Å²) < 4.78 is 6.59. The summed E-state index contributed by atoms with van der Waals surface area (Å²) >= 11 is 0. The number of carbonyl (C=O) groups is 2. The molecule has 2 N–H and O–H groups in total. The van der Waals surface area contributed by atoms with Gasteiger partial charge in [-0.05, 0) is 19.1 Å². The van der Waals surface area contributed by atoms with Gasteiger partial charge >= 0.3 is 0 Å². The molecule has 0 aliphatic carbocycles. The molecule has 0 bridgehead atoms. The van der Waals surface area contributed by atoms with E-state index in [4.69, 9.17) is 4.52 Å². The number of hydrogen-bond donors (Lipinski definition) is 2. The van der Waals surface area contributed by atoms with Crippen molar-refractivity contribution in [2.24, 2.45) is 0 Å². The van der Waals surface area contributed by atoms with Gasteiger partial charge in [-0.2, -0.15) is 10.1 Å². The lowest BCUT2D eigenvalue weighted by Crippen LogP contribution is -2.24. The van der Waals surface area contributed by atoms with E-state index in [1.807, 2.05) is 6.07 Å². The normalized spacial score (nSPS) is 10.5. The van der Waals surface area contributed by atoms with Crippen molar-refractivity contribution in [2.45, 2.75) is 26.9 Å². The topological polar surface area (TPSA) is 115 Å². The van der Waals surface area contributed by atoms with Crippen molar-refractivity contribution in [2.75, 3.05) is 0 Å². The molecule has 134 valence electrons. The first-order chi connectivity index (χ1) is 12.5. The largest absolute Gasteiger partial charge is 0.352 e. The maximum Gasteiger partial charge on any atom is 0.253 e. The van der Waals surface area contributed by atoms with E-state index in [-0.39, 0.29) is 18.4 Å². The summed E-state index contributed by atoms with van der Waals surface area (Å²) in [5, 5.41) is 13.4. The zero-order chi connectivity index (χ0) is 18.5. The first-order valence-electron chi connectivity index (χ1n) is 7.97. The molecule has 0 fully saturated rings. The summed E-state index contributed by atoms with van der Waals surface area (Å²) in [7, 11) is 0. The fourth-order valence-electron chi connectivity index (χ4n) is 2.34. The van der Waals surface area contributed by atoms with Gasteiger partial charge in [0.25, 0.3) is 5.91 Å². The average Bonchev–Trinajstić information content (AvgIpc) is 3.27. The Labute approximate surface area is 149 Å². The molecule has 9 nitrogen and oxygen atoms in total. The van der Waals surface area contributed by atoms with Crippen LogP contribution in [0.3, 0.4) is 0 Å². The second-order valence-corrected chi connectivity index (χ2v) is 5.64. The van der Waals surface area contributed by atoms with E-state index in [1.165, 1.54) is 6.92 Å². The van der Waals surface area contributed by atoms with Crippen molar-refractivity contribution >= 4 is 11.8 Å². The minimum Gasteiger partial charge on any atom is -0.352 e. The van der Waals surface area contributed by atoms with E-state index in [1.54, 1.807) is 42.2 Å². The third kappa shape index (κ3) is 4.12. The Morgan fingerprint density at radius 2 is 2.00 bits per heavy atom. The van der Waals surface area contributed by atoms with Crippen LogP contribution < -0.4 is 10.6 Å². The zero-order valence-electron chi connectivity index (χ0n) is 14.4. The second-order valence-electron chi connectivity index (χ2n) is 5.64. The van der Waals surface area contributed by atoms with Gasteiger partial charge in [0, 0.05) is 25.2 Å². The highest BCUT2D eigenvalue weighted by Gasteiger charge is 2.14. The van der Waals surface area contributed by atoms with Gasteiger partial charge < -0.3 is 15.2 Å². The lowest BCUT2D eigenvalue weighted by atomic mass is 10.1. The number of aryl methyl sites for hydroxylation is 1. The van der Waals surface area contributed by atoms with Crippen LogP contribution in [-0.4, -0.2) is 31.7 Å². The summed E-state index contributed by atoms with van der Waals surface area (Å²) in [4.78, 5) is 27.6. The predicted molar refractivity (Wildman–Crippen MR) is 91.3 cm³/mol. The molecular weight excluding hydrogens is 336 g/mol. The van der Waals surface area contributed by atoms with Gasteiger partial charge in [0.2, 0.25) is 11.8 Å². The number of nitrogens with one attached hydrogen (secondary N) is 2. The van der Waals surface area contributed by atoms with Gasteiger partial charge in [-0.25, -0.2) is 4.68 Å². The third-order valence-corrected chi connectivity index (χ3v) is 3.54. The summed E-state index contributed by atoms with van der Waals surface area (Å²) in [5.41, 5.74) is 1.91. The van der Waals surface area contributed by atoms with Crippen LogP contribution >= 0.6 is 0 Å². The molecule has 0 atom stereocenters. The van der Waals surface area contributed by atoms with Crippen LogP contribution in [-0.2, 0) is 17.9 Å². The van der Waals surface area contributed by atoms with Gasteiger partial charge in [0.1, 0.15) is 0 Å². The maximum atomic E-state index is 12.5. The van der Waals surface area contributed by atoms with Crippen LogP contribution in [0.15, 0.2) is 41.2 Å². The fourth-order valence-corrected chi connectivity index (χ4v) is 2.34. The maximum absolute atomic E-state index is 12.5. The molecule has 9 heteroatoms. The molecule has 0 aliphatic rings. The first-order valence-corrected chi connectivity index (χ1v) is 7.97. The molecule has 3 rings (SSSR count). The lowest BCUT2D eigenvalue weighted by Gasteiger charge is -2.09. The number of carbonyl (C=O) groups excluding carboxylic acids is 2. The van der Waals surface area contributed by atoms with Gasteiger partial charge in [0.05, 0.1) is 24.0 Å². The van der Waals surface area contributed by atoms with Gasteiger partial charge in [-0.15, -0.1) is 0 Å². The van der Waals surface area contributed by atoms with Crippen LogP contribution in [0.1, 0.15) is 34.6 Å². The van der Waals surface area contributed by atoms with Gasteiger partial charge in [-0.1, -0.05) is 17.3 Å². The molecule has 2 heterocycles. The number of para-hydroxylation sites is 1. The highest BCUT2D eigenvalue weighted by atomic mass is 16.5. The lowest BCUT2D eigenvalue weighted by molar-refractivity contribution is -0.119. The zero-order valence-corrected chi connectivity index (χ0v) is 14.4. The summed E-state index contributed by atoms with van der Waals surface area (Å²) in [6.45, 7) is 3.68. The minimum absolute atomic E-state index is 0.117. The van der Waals surface area contributed by atoms with Crippen molar-refractivity contribution < 1.29 is 14.1 Å². The molecule has 0 unspecified atom stereocenters. The van der Waals surface area contributed by atoms with Gasteiger partial charge in [-0.3, -0.25) is 9.59 Å². The van der Waals surface area contributed by atoms with Crippen molar-refractivity contribution in [1.29, 1.82) is 0 Å². The number of benzene rings is 1. The smallest absolute Gasteiger partial charge is 0.253 e. The van der Waals surface area contributed by atoms with Crippen molar-refractivity contribution in [3.05, 3.63) is 59.5 Å². The fraction of sp³-hybridized carbons (Fsp3) is 0.235. The molecule has 0 radical (unpaired) electrons. The molecule has 0 aliphatic heterocycles. The molecule has 2 aromatic heterocycles. The summed E-state index contributed by atoms with van der Waals surface area (Å²) in [6, 6.07) is 7.10. The SMILES string of the molecule is CC(=O)NCc1cnn(-c2ccccc2C(=O)NCc2nc(C)no2)c1. The molecule has 3 aromatic rings. The Morgan fingerprint density at radius 1 is 1.19 bits per heavy atom. The number of nitrogens with zero attached hydrogens (tertiary/aromatic N) is 4. The molecule has 26 heavy (non-hydrogen) atoms. The quantitative estimate of drug-likeness (QED) is 0.686. The van der Waals surface area contributed by atoms with Crippen molar-refractivity contribution in [3.63, 3.8) is 0 Å². The van der Waals surface area contributed by atoms with Crippen LogP contribution in [0.4, 0.5) is 0 Å². The van der Waals surface area contributed by atoms with E-state index in [2.05, 4.69) is 25.9 Å². The summed E-state index contributed by atoms with van der Waals surface area (Å²) in [5.74, 6) is 0.451. The number of rotatable bonds is 6. The average molecular weight is 354 g/mol. The highest BCUT2D eigenvalue weighted by Crippen LogP contribution is 2.15. The molecular formula is C17H18N6O3. The Morgan fingerprint density at radius 3 is 2.73 bits per heavy atom. The number of hydrogen-bond acceptors (Lipinski definition) is 6. The predicted octanol–water partition coefficient (Wildman–Crippen LogP) is 1.13. The van der Waals surface area contributed by atoms with Crippen LogP contribution in [0, 0.1) is 6.92 Å². The number of amides is 2. The van der Waals surface area contributed by atoms with Crippen molar-refractivity contribution in [1.82, 2.24) is 30.6 Å². The minimum atomic E-state index is -0.282. The molecule has 0 saturated carbocycles. The van der Waals surface area contributed by atoms with E-state index in [9.17, 15) is 9.59 Å². The third-order valence-electron chi connectivity index (χ3n) is 3.54. The number of aromatic nitrogens is 4. The van der Waals surface area contributed by atoms with E-state index >= 15 is 0 Å². The van der Waals surface area contributed by atoms with Crippen LogP contribution in [0.5, 0.6) is 0 Å². The Balaban J connectivity index is 1.75.